The fourth-order valence-corrected chi connectivity index (χ4v) is 3.78. The van der Waals surface area contributed by atoms with E-state index in [0.29, 0.717) is 47.5 Å². The van der Waals surface area contributed by atoms with Gasteiger partial charge in [0, 0.05) is 16.9 Å². The number of hydrogen-bond acceptors (Lipinski definition) is 5. The highest BCUT2D eigenvalue weighted by atomic mass is 32.2. The average molecular weight is 462 g/mol. The molecular formula is C22H24FN3O5S. The molecule has 8 nitrogen and oxygen atoms in total. The first-order chi connectivity index (χ1) is 15.4. The highest BCUT2D eigenvalue weighted by molar-refractivity contribution is 7.80. The summed E-state index contributed by atoms with van der Waals surface area (Å²) in [5, 5.41) is 6.09. The molecule has 1 aliphatic carbocycles. The Labute approximate surface area is 187 Å². The number of halogens is 1. The van der Waals surface area contributed by atoms with Crippen LogP contribution in [0.15, 0.2) is 59.8 Å². The number of amides is 1. The van der Waals surface area contributed by atoms with Gasteiger partial charge in [-0.25, -0.2) is 13.4 Å². The van der Waals surface area contributed by atoms with Crippen molar-refractivity contribution in [2.75, 3.05) is 16.6 Å². The minimum Gasteiger partial charge on any atom is -0.463 e. The van der Waals surface area contributed by atoms with E-state index >= 15 is 0 Å². The summed E-state index contributed by atoms with van der Waals surface area (Å²) in [6.07, 6.45) is 1.83. The predicted octanol–water partition coefficient (Wildman–Crippen LogP) is 3.59. The van der Waals surface area contributed by atoms with Crippen LogP contribution in [0.2, 0.25) is 0 Å². The first-order valence-electron chi connectivity index (χ1n) is 10.1. The van der Waals surface area contributed by atoms with Crippen molar-refractivity contribution in [2.45, 2.75) is 32.2 Å². The van der Waals surface area contributed by atoms with Gasteiger partial charge in [0.1, 0.15) is 5.82 Å². The lowest BCUT2D eigenvalue weighted by atomic mass is 9.91. The summed E-state index contributed by atoms with van der Waals surface area (Å²) in [6, 6.07) is 11.4. The molecule has 2 atom stereocenters. The van der Waals surface area contributed by atoms with Gasteiger partial charge in [-0.05, 0) is 74.7 Å². The molecule has 0 bridgehead atoms. The lowest BCUT2D eigenvalue weighted by molar-refractivity contribution is -0.138. The summed E-state index contributed by atoms with van der Waals surface area (Å²) in [5.74, 6) is -1.29. The molecule has 10 heteroatoms. The largest absolute Gasteiger partial charge is 0.463 e. The maximum atomic E-state index is 13.3. The molecule has 2 aromatic rings. The van der Waals surface area contributed by atoms with Crippen LogP contribution >= 0.6 is 0 Å². The zero-order valence-electron chi connectivity index (χ0n) is 17.4. The minimum absolute atomic E-state index is 0.209. The first kappa shape index (κ1) is 23.4. The van der Waals surface area contributed by atoms with Crippen molar-refractivity contribution in [3.05, 3.63) is 71.2 Å². The smallest absolute Gasteiger partial charge is 0.335 e. The number of rotatable bonds is 8. The fourth-order valence-electron chi connectivity index (χ4n) is 3.44. The van der Waals surface area contributed by atoms with Crippen LogP contribution in [0.5, 0.6) is 0 Å². The van der Waals surface area contributed by atoms with E-state index in [1.54, 1.807) is 19.1 Å². The van der Waals surface area contributed by atoms with E-state index in [9.17, 15) is 18.2 Å². The Balaban J connectivity index is 1.86. The van der Waals surface area contributed by atoms with Crippen molar-refractivity contribution in [3.8, 4) is 0 Å². The van der Waals surface area contributed by atoms with E-state index in [1.807, 2.05) is 0 Å². The van der Waals surface area contributed by atoms with Crippen LogP contribution in [0, 0.1) is 5.82 Å². The molecule has 0 spiro atoms. The van der Waals surface area contributed by atoms with Crippen molar-refractivity contribution >= 4 is 34.5 Å². The van der Waals surface area contributed by atoms with Gasteiger partial charge >= 0.3 is 5.97 Å². The average Bonchev–Trinajstić information content (AvgIpc) is 2.76. The summed E-state index contributed by atoms with van der Waals surface area (Å²) in [4.78, 5) is 25.5. The van der Waals surface area contributed by atoms with Gasteiger partial charge in [-0.2, -0.15) is 0 Å². The molecule has 0 aliphatic heterocycles. The van der Waals surface area contributed by atoms with E-state index in [-0.39, 0.29) is 18.5 Å². The molecule has 4 N–H and O–H groups in total. The van der Waals surface area contributed by atoms with Crippen molar-refractivity contribution in [1.29, 1.82) is 0 Å². The molecule has 0 radical (unpaired) electrons. The number of anilines is 2. The summed E-state index contributed by atoms with van der Waals surface area (Å²) in [5.41, 5.74) is 2.15. The third-order valence-corrected chi connectivity index (χ3v) is 5.31. The molecule has 1 aliphatic rings. The quantitative estimate of drug-likeness (QED) is 0.353. The molecule has 0 saturated carbocycles. The molecule has 2 unspecified atom stereocenters. The number of benzene rings is 2. The number of carbonyl (C=O) groups is 2. The Morgan fingerprint density at radius 1 is 1.12 bits per heavy atom. The Kier molecular flexibility index (Phi) is 7.96. The van der Waals surface area contributed by atoms with E-state index in [4.69, 9.17) is 9.29 Å². The van der Waals surface area contributed by atoms with Gasteiger partial charge in [0.25, 0.3) is 17.2 Å². The lowest BCUT2D eigenvalue weighted by Gasteiger charge is -2.29. The molecule has 3 rings (SSSR count). The van der Waals surface area contributed by atoms with Crippen molar-refractivity contribution in [1.82, 2.24) is 5.32 Å². The van der Waals surface area contributed by atoms with Gasteiger partial charge in [-0.15, -0.1) is 0 Å². The van der Waals surface area contributed by atoms with Gasteiger partial charge in [0.2, 0.25) is 0 Å². The molecule has 1 amide bonds. The minimum atomic E-state index is -2.22. The Bertz CT molecular complexity index is 1020. The number of ether oxygens (including phenoxy) is 1. The van der Waals surface area contributed by atoms with Gasteiger partial charge in [0.05, 0.1) is 23.9 Å². The van der Waals surface area contributed by atoms with Crippen LogP contribution in [-0.4, -0.2) is 33.3 Å². The van der Waals surface area contributed by atoms with Crippen LogP contribution in [0.1, 0.15) is 36.5 Å². The van der Waals surface area contributed by atoms with E-state index in [2.05, 4.69) is 15.4 Å². The molecule has 170 valence electrons. The Hall–Kier alpha value is -3.24. The highest BCUT2D eigenvalue weighted by Crippen LogP contribution is 2.28. The van der Waals surface area contributed by atoms with Crippen molar-refractivity contribution < 1.29 is 27.5 Å². The van der Waals surface area contributed by atoms with Crippen LogP contribution in [0.4, 0.5) is 15.8 Å². The summed E-state index contributed by atoms with van der Waals surface area (Å²) >= 11 is -2.22. The number of esters is 1. The van der Waals surface area contributed by atoms with Gasteiger partial charge in [0.15, 0.2) is 0 Å². The summed E-state index contributed by atoms with van der Waals surface area (Å²) < 4.78 is 40.5. The Morgan fingerprint density at radius 2 is 1.78 bits per heavy atom. The summed E-state index contributed by atoms with van der Waals surface area (Å²) in [7, 11) is 0. The predicted molar refractivity (Wildman–Crippen MR) is 120 cm³/mol. The standard InChI is InChI=1S/C22H24FN3O5S/c1-2-31-22(28)18-4-3-5-19(24-16-12-8-15(23)9-13-16)20(18)25-21(27)14-6-10-17(11-7-14)26-32(29)30/h6-13,19,24,26H,2-5H2,1H3,(H,25,27)(H,29,30). The fraction of sp³-hybridized carbons (Fsp3) is 0.273. The molecule has 0 aromatic heterocycles. The molecule has 0 heterocycles. The zero-order chi connectivity index (χ0) is 23.1. The number of nitrogens with one attached hydrogen (secondary N) is 3. The molecule has 0 fully saturated rings. The second-order valence-corrected chi connectivity index (χ2v) is 7.79. The van der Waals surface area contributed by atoms with Crippen LogP contribution in [0.25, 0.3) is 0 Å². The maximum Gasteiger partial charge on any atom is 0.335 e. The van der Waals surface area contributed by atoms with Crippen LogP contribution < -0.4 is 15.4 Å². The number of carbonyl (C=O) groups excluding carboxylic acids is 2. The SMILES string of the molecule is CCOC(=O)C1=C(NC(=O)c2ccc(NS(=O)O)cc2)C(Nc2ccc(F)cc2)CCC1. The third-order valence-electron chi connectivity index (χ3n) is 4.90. The van der Waals surface area contributed by atoms with E-state index in [1.165, 1.54) is 36.4 Å². The van der Waals surface area contributed by atoms with Gasteiger partial charge < -0.3 is 15.4 Å². The second-order valence-electron chi connectivity index (χ2n) is 7.09. The van der Waals surface area contributed by atoms with Crippen molar-refractivity contribution in [3.63, 3.8) is 0 Å². The molecule has 2 aromatic carbocycles. The summed E-state index contributed by atoms with van der Waals surface area (Å²) in [6.45, 7) is 1.92. The third kappa shape index (κ3) is 6.14. The molecular weight excluding hydrogens is 437 g/mol. The van der Waals surface area contributed by atoms with E-state index < -0.39 is 23.1 Å². The van der Waals surface area contributed by atoms with Crippen LogP contribution in [0.3, 0.4) is 0 Å². The van der Waals surface area contributed by atoms with E-state index in [0.717, 1.165) is 0 Å². The second kappa shape index (κ2) is 10.9. The molecule has 32 heavy (non-hydrogen) atoms. The topological polar surface area (TPSA) is 117 Å². The Morgan fingerprint density at radius 3 is 2.41 bits per heavy atom. The number of hydrogen-bond donors (Lipinski definition) is 4. The highest BCUT2D eigenvalue weighted by Gasteiger charge is 2.29. The normalized spacial score (nSPS) is 16.8. The van der Waals surface area contributed by atoms with Gasteiger partial charge in [-0.3, -0.25) is 14.1 Å². The zero-order valence-corrected chi connectivity index (χ0v) is 18.2. The van der Waals surface area contributed by atoms with Crippen LogP contribution in [-0.2, 0) is 20.8 Å². The molecule has 0 saturated heterocycles. The van der Waals surface area contributed by atoms with Gasteiger partial charge in [-0.1, -0.05) is 0 Å². The first-order valence-corrected chi connectivity index (χ1v) is 11.2. The van der Waals surface area contributed by atoms with Crippen molar-refractivity contribution in [2.24, 2.45) is 0 Å². The lowest BCUT2D eigenvalue weighted by Crippen LogP contribution is -2.39. The monoisotopic (exact) mass is 461 g/mol. The maximum absolute atomic E-state index is 13.3.